The number of pyridine rings is 2. The number of amides is 4. The van der Waals surface area contributed by atoms with Crippen molar-refractivity contribution in [3.63, 3.8) is 0 Å². The molecule has 14 nitrogen and oxygen atoms in total. The highest BCUT2D eigenvalue weighted by Crippen LogP contribution is 2.18. The molecule has 1 saturated carbocycles. The summed E-state index contributed by atoms with van der Waals surface area (Å²) in [5.74, 6) is -1.46. The Morgan fingerprint density at radius 2 is 1.09 bits per heavy atom. The Balaban J connectivity index is 1.26. The third kappa shape index (κ3) is 12.7. The highest BCUT2D eigenvalue weighted by molar-refractivity contribution is 5.76. The van der Waals surface area contributed by atoms with Gasteiger partial charge >= 0.3 is 24.0 Å². The summed E-state index contributed by atoms with van der Waals surface area (Å²) in [5, 5.41) is 17.5. The molecule has 1 aliphatic rings. The van der Waals surface area contributed by atoms with Crippen molar-refractivity contribution in [1.29, 1.82) is 0 Å². The van der Waals surface area contributed by atoms with Gasteiger partial charge in [-0.25, -0.2) is 9.59 Å². The van der Waals surface area contributed by atoms with Crippen LogP contribution < -0.4 is 31.9 Å². The van der Waals surface area contributed by atoms with Gasteiger partial charge in [0.05, 0.1) is 37.0 Å². The first-order chi connectivity index (χ1) is 21.3. The molecule has 44 heavy (non-hydrogen) atoms. The van der Waals surface area contributed by atoms with Crippen LogP contribution in [0.4, 0.5) is 21.0 Å². The fraction of sp³-hybridized carbons (Fsp3) is 0.533. The summed E-state index contributed by atoms with van der Waals surface area (Å²) in [6, 6.07) is 5.96. The molecule has 0 aliphatic heterocycles. The second kappa shape index (κ2) is 18.8. The third-order valence-corrected chi connectivity index (χ3v) is 7.05. The lowest BCUT2D eigenvalue weighted by Crippen LogP contribution is -2.57. The van der Waals surface area contributed by atoms with Crippen LogP contribution in [0.25, 0.3) is 0 Å². The summed E-state index contributed by atoms with van der Waals surface area (Å²) in [7, 11) is 0. The quantitative estimate of drug-likeness (QED) is 0.121. The number of carbonyl (C=O) groups excluding carboxylic acids is 4. The molecular weight excluding hydrogens is 568 g/mol. The van der Waals surface area contributed by atoms with Crippen molar-refractivity contribution >= 4 is 35.4 Å². The lowest BCUT2D eigenvalue weighted by molar-refractivity contribution is -0.148. The minimum Gasteiger partial charge on any atom is -0.464 e. The summed E-state index contributed by atoms with van der Waals surface area (Å²) < 4.78 is 10.6. The third-order valence-electron chi connectivity index (χ3n) is 7.05. The van der Waals surface area contributed by atoms with Crippen molar-refractivity contribution in [2.45, 2.75) is 51.6 Å². The molecule has 0 radical (unpaired) electrons. The number of nitrogens with zero attached hydrogens (tertiary/aromatic N) is 2. The molecule has 4 amide bonds. The molecule has 2 aromatic rings. The Bertz CT molecular complexity index is 1080. The lowest BCUT2D eigenvalue weighted by Gasteiger charge is -2.32. The molecule has 2 heterocycles. The molecule has 0 bridgehead atoms. The number of ether oxygens (including phenoxy) is 2. The molecule has 4 unspecified atom stereocenters. The van der Waals surface area contributed by atoms with E-state index in [2.05, 4.69) is 41.9 Å². The summed E-state index contributed by atoms with van der Waals surface area (Å²) in [4.78, 5) is 57.3. The Kier molecular flexibility index (Phi) is 14.5. The van der Waals surface area contributed by atoms with E-state index in [1.165, 1.54) is 0 Å². The van der Waals surface area contributed by atoms with Gasteiger partial charge < -0.3 is 41.4 Å². The first-order valence-electron chi connectivity index (χ1n) is 15.0. The molecule has 240 valence electrons. The van der Waals surface area contributed by atoms with Gasteiger partial charge in [0.2, 0.25) is 0 Å². The largest absolute Gasteiger partial charge is 0.464 e. The van der Waals surface area contributed by atoms with E-state index >= 15 is 0 Å². The van der Waals surface area contributed by atoms with Crippen LogP contribution in [-0.2, 0) is 19.1 Å². The fourth-order valence-corrected chi connectivity index (χ4v) is 4.48. The molecule has 2 aromatic heterocycles. The highest BCUT2D eigenvalue weighted by atomic mass is 16.5. The van der Waals surface area contributed by atoms with Crippen molar-refractivity contribution in [2.24, 2.45) is 11.8 Å². The number of nitrogens with one attached hydrogen (secondary N) is 6. The van der Waals surface area contributed by atoms with Crippen molar-refractivity contribution in [3.8, 4) is 0 Å². The Morgan fingerprint density at radius 3 is 1.48 bits per heavy atom. The fourth-order valence-electron chi connectivity index (χ4n) is 4.48. The maximum atomic E-state index is 12.5. The second-order valence-electron chi connectivity index (χ2n) is 10.7. The van der Waals surface area contributed by atoms with E-state index in [-0.39, 0.29) is 62.2 Å². The topological polar surface area (TPSA) is 185 Å². The number of urea groups is 2. The van der Waals surface area contributed by atoms with E-state index in [4.69, 9.17) is 9.47 Å². The molecule has 1 aliphatic carbocycles. The Labute approximate surface area is 257 Å². The Morgan fingerprint density at radius 1 is 0.705 bits per heavy atom. The predicted molar refractivity (Wildman–Crippen MR) is 165 cm³/mol. The van der Waals surface area contributed by atoms with Crippen LogP contribution in [0.15, 0.2) is 49.1 Å². The van der Waals surface area contributed by atoms with E-state index in [9.17, 15) is 19.2 Å². The minimum absolute atomic E-state index is 0.0468. The molecule has 6 N–H and O–H groups in total. The standard InChI is InChI=1S/C30H44N8O6/c1-21(19-35-23-7-11-31-12-8-23)27(39)43-17-15-33-29(41)37-25-5-3-4-6-26(25)38-30(42)34-16-18-44-28(40)22(2)20-36-24-9-13-32-14-10-24/h7-14,21-22,25-26H,3-6,15-20H2,1-2H3,(H,31,35)(H,32,36)(H2,33,37,41)(H2,34,38,42). The highest BCUT2D eigenvalue weighted by Gasteiger charge is 2.28. The molecule has 0 saturated heterocycles. The molecule has 4 atom stereocenters. The van der Waals surface area contributed by atoms with E-state index in [0.29, 0.717) is 13.1 Å². The minimum atomic E-state index is -0.396. The summed E-state index contributed by atoms with van der Waals surface area (Å²) in [6.07, 6.45) is 9.95. The van der Waals surface area contributed by atoms with Crippen molar-refractivity contribution in [2.75, 3.05) is 50.0 Å². The summed E-state index contributed by atoms with van der Waals surface area (Å²) in [6.45, 7) is 4.76. The van der Waals surface area contributed by atoms with Crippen LogP contribution in [0.2, 0.25) is 0 Å². The zero-order chi connectivity index (χ0) is 31.6. The number of anilines is 2. The van der Waals surface area contributed by atoms with Gasteiger partial charge in [0.25, 0.3) is 0 Å². The van der Waals surface area contributed by atoms with E-state index in [1.54, 1.807) is 38.6 Å². The van der Waals surface area contributed by atoms with E-state index in [0.717, 1.165) is 37.1 Å². The van der Waals surface area contributed by atoms with E-state index < -0.39 is 12.1 Å². The number of carbonyl (C=O) groups is 4. The first kappa shape index (κ1) is 33.9. The van der Waals surface area contributed by atoms with Crippen LogP contribution in [0.3, 0.4) is 0 Å². The number of rotatable bonds is 16. The zero-order valence-electron chi connectivity index (χ0n) is 25.3. The number of hydrogen-bond acceptors (Lipinski definition) is 10. The van der Waals surface area contributed by atoms with Gasteiger partial charge in [-0.3, -0.25) is 19.6 Å². The van der Waals surface area contributed by atoms with Crippen LogP contribution in [0.5, 0.6) is 0 Å². The Hall–Kier alpha value is -4.62. The van der Waals surface area contributed by atoms with Crippen LogP contribution >= 0.6 is 0 Å². The summed E-state index contributed by atoms with van der Waals surface area (Å²) >= 11 is 0. The predicted octanol–water partition coefficient (Wildman–Crippen LogP) is 2.27. The van der Waals surface area contributed by atoms with Crippen LogP contribution in [0, 0.1) is 11.8 Å². The SMILES string of the molecule is CC(CNc1ccncc1)C(=O)OCCNC(=O)NC1CCCCC1NC(=O)NCCOC(=O)C(C)CNc1ccncc1. The normalized spacial score (nSPS) is 17.2. The van der Waals surface area contributed by atoms with Gasteiger partial charge in [0.15, 0.2) is 0 Å². The number of aromatic nitrogens is 2. The molecular formula is C30H44N8O6. The second-order valence-corrected chi connectivity index (χ2v) is 10.7. The molecule has 0 spiro atoms. The van der Waals surface area contributed by atoms with Crippen molar-refractivity contribution < 1.29 is 28.7 Å². The average Bonchev–Trinajstić information content (AvgIpc) is 3.04. The van der Waals surface area contributed by atoms with E-state index in [1.807, 2.05) is 24.3 Å². The van der Waals surface area contributed by atoms with Gasteiger partial charge in [0.1, 0.15) is 13.2 Å². The molecule has 1 fully saturated rings. The van der Waals surface area contributed by atoms with Gasteiger partial charge in [-0.15, -0.1) is 0 Å². The van der Waals surface area contributed by atoms with Gasteiger partial charge in [-0.05, 0) is 37.1 Å². The average molecular weight is 613 g/mol. The van der Waals surface area contributed by atoms with Gasteiger partial charge in [0, 0.05) is 49.3 Å². The van der Waals surface area contributed by atoms with Crippen LogP contribution in [0.1, 0.15) is 39.5 Å². The summed E-state index contributed by atoms with van der Waals surface area (Å²) in [5.41, 5.74) is 1.73. The number of esters is 2. The van der Waals surface area contributed by atoms with Crippen molar-refractivity contribution in [1.82, 2.24) is 31.2 Å². The monoisotopic (exact) mass is 612 g/mol. The lowest BCUT2D eigenvalue weighted by atomic mass is 9.90. The van der Waals surface area contributed by atoms with Gasteiger partial charge in [-0.2, -0.15) is 0 Å². The first-order valence-corrected chi connectivity index (χ1v) is 15.0. The zero-order valence-corrected chi connectivity index (χ0v) is 25.3. The van der Waals surface area contributed by atoms with Crippen LogP contribution in [-0.4, -0.2) is 85.4 Å². The molecule has 0 aromatic carbocycles. The smallest absolute Gasteiger partial charge is 0.315 e. The maximum absolute atomic E-state index is 12.5. The molecule has 3 rings (SSSR count). The van der Waals surface area contributed by atoms with Gasteiger partial charge in [-0.1, -0.05) is 26.7 Å². The molecule has 14 heteroatoms. The number of hydrogen-bond donors (Lipinski definition) is 6. The van der Waals surface area contributed by atoms with Crippen molar-refractivity contribution in [3.05, 3.63) is 49.1 Å². The maximum Gasteiger partial charge on any atom is 0.315 e.